The Labute approximate surface area is 185 Å². The zero-order valence-corrected chi connectivity index (χ0v) is 19.4. The van der Waals surface area contributed by atoms with Gasteiger partial charge in [-0.25, -0.2) is 9.18 Å². The first-order valence-electron chi connectivity index (χ1n) is 10.7. The van der Waals surface area contributed by atoms with Gasteiger partial charge in [-0.2, -0.15) is 0 Å². The summed E-state index contributed by atoms with van der Waals surface area (Å²) in [6, 6.07) is 4.09. The molecule has 1 aromatic rings. The highest BCUT2D eigenvalue weighted by Crippen LogP contribution is 2.35. The van der Waals surface area contributed by atoms with E-state index in [1.807, 2.05) is 34.6 Å². The number of aryl methyl sites for hydroxylation is 1. The van der Waals surface area contributed by atoms with Crippen LogP contribution in [0.25, 0.3) is 0 Å². The minimum absolute atomic E-state index is 0.000837. The van der Waals surface area contributed by atoms with Crippen molar-refractivity contribution in [2.45, 2.75) is 59.1 Å². The molecule has 1 aromatic carbocycles. The lowest BCUT2D eigenvalue weighted by Gasteiger charge is -2.44. The first-order chi connectivity index (χ1) is 14.4. The molecule has 1 atom stereocenters. The molecule has 170 valence electrons. The number of halogens is 1. The summed E-state index contributed by atoms with van der Waals surface area (Å²) in [7, 11) is 0. The van der Waals surface area contributed by atoms with Crippen molar-refractivity contribution in [3.8, 4) is 0 Å². The van der Waals surface area contributed by atoms with Gasteiger partial charge in [-0.3, -0.25) is 9.69 Å². The van der Waals surface area contributed by atoms with Crippen molar-refractivity contribution in [1.82, 2.24) is 9.80 Å². The van der Waals surface area contributed by atoms with E-state index in [4.69, 9.17) is 4.74 Å². The van der Waals surface area contributed by atoms with Crippen LogP contribution >= 0.6 is 0 Å². The van der Waals surface area contributed by atoms with E-state index >= 15 is 0 Å². The van der Waals surface area contributed by atoms with Gasteiger partial charge in [0.25, 0.3) is 0 Å². The van der Waals surface area contributed by atoms with E-state index in [1.54, 1.807) is 28.0 Å². The molecule has 0 N–H and O–H groups in total. The van der Waals surface area contributed by atoms with Gasteiger partial charge in [-0.15, -0.1) is 13.2 Å². The molecule has 2 amide bonds. The maximum atomic E-state index is 13.7. The molecule has 1 heterocycles. The van der Waals surface area contributed by atoms with Gasteiger partial charge >= 0.3 is 6.09 Å². The number of ether oxygens (including phenoxy) is 1. The monoisotopic (exact) mass is 430 g/mol. The Balaban J connectivity index is 2.39. The number of carbonyl (C=O) groups excluding carboxylic acids is 2. The topological polar surface area (TPSA) is 49.9 Å². The van der Waals surface area contributed by atoms with Gasteiger partial charge in [0.05, 0.1) is 11.5 Å². The highest BCUT2D eigenvalue weighted by atomic mass is 19.1. The quantitative estimate of drug-likeness (QED) is 0.567. The number of amides is 2. The van der Waals surface area contributed by atoms with E-state index in [9.17, 15) is 14.0 Å². The van der Waals surface area contributed by atoms with Crippen molar-refractivity contribution in [1.29, 1.82) is 0 Å². The Morgan fingerprint density at radius 3 is 2.29 bits per heavy atom. The third kappa shape index (κ3) is 5.96. The highest BCUT2D eigenvalue weighted by Gasteiger charge is 2.41. The Bertz CT molecular complexity index is 834. The molecule has 1 unspecified atom stereocenters. The minimum atomic E-state index is -0.640. The second-order valence-corrected chi connectivity index (χ2v) is 9.49. The maximum Gasteiger partial charge on any atom is 0.410 e. The summed E-state index contributed by atoms with van der Waals surface area (Å²) in [4.78, 5) is 29.9. The van der Waals surface area contributed by atoms with Crippen molar-refractivity contribution in [3.05, 3.63) is 60.5 Å². The lowest BCUT2D eigenvalue weighted by molar-refractivity contribution is -0.144. The van der Waals surface area contributed by atoms with E-state index in [1.165, 1.54) is 12.1 Å². The standard InChI is InChI=1S/C25H35FN2O3/c1-8-12-25(7,13-9-2)22(29)27-14-15-28(23(30)31-24(4,5)6)21(17-27)20-11-10-19(26)16-18(20)3/h8-11,16,21H,1-2,12-15,17H2,3-7H3. The van der Waals surface area contributed by atoms with Crippen molar-refractivity contribution in [3.63, 3.8) is 0 Å². The normalized spacial score (nSPS) is 17.3. The summed E-state index contributed by atoms with van der Waals surface area (Å²) in [5.74, 6) is -0.334. The molecule has 2 rings (SSSR count). The maximum absolute atomic E-state index is 13.7. The van der Waals surface area contributed by atoms with Crippen molar-refractivity contribution in [2.75, 3.05) is 19.6 Å². The zero-order valence-electron chi connectivity index (χ0n) is 19.4. The van der Waals surface area contributed by atoms with Crippen LogP contribution in [0.2, 0.25) is 0 Å². The first kappa shape index (κ1) is 24.6. The molecule has 0 aliphatic carbocycles. The largest absolute Gasteiger partial charge is 0.444 e. The fraction of sp³-hybridized carbons (Fsp3) is 0.520. The molecule has 1 fully saturated rings. The molecule has 1 saturated heterocycles. The number of carbonyl (C=O) groups is 2. The molecule has 1 aliphatic rings. The van der Waals surface area contributed by atoms with Crippen LogP contribution in [0.3, 0.4) is 0 Å². The number of hydrogen-bond donors (Lipinski definition) is 0. The van der Waals surface area contributed by atoms with Crippen molar-refractivity contribution in [2.24, 2.45) is 5.41 Å². The molecule has 0 bridgehead atoms. The van der Waals surface area contributed by atoms with Gasteiger partial charge in [-0.1, -0.05) is 25.1 Å². The third-order valence-electron chi connectivity index (χ3n) is 5.59. The van der Waals surface area contributed by atoms with Gasteiger partial charge in [0.2, 0.25) is 5.91 Å². The van der Waals surface area contributed by atoms with Crippen LogP contribution in [-0.4, -0.2) is 47.0 Å². The SMILES string of the molecule is C=CCC(C)(CC=C)C(=O)N1CCN(C(=O)OC(C)(C)C)C(c2ccc(F)cc2C)C1. The van der Waals surface area contributed by atoms with Gasteiger partial charge in [0, 0.05) is 19.6 Å². The second-order valence-electron chi connectivity index (χ2n) is 9.49. The van der Waals surface area contributed by atoms with Crippen LogP contribution < -0.4 is 0 Å². The molecule has 1 aliphatic heterocycles. The smallest absolute Gasteiger partial charge is 0.410 e. The Morgan fingerprint density at radius 1 is 1.16 bits per heavy atom. The number of rotatable bonds is 6. The van der Waals surface area contributed by atoms with Crippen LogP contribution in [0.4, 0.5) is 9.18 Å². The fourth-order valence-corrected chi connectivity index (χ4v) is 4.06. The van der Waals surface area contributed by atoms with Crippen LogP contribution in [0, 0.1) is 18.2 Å². The molecular weight excluding hydrogens is 395 g/mol. The van der Waals surface area contributed by atoms with E-state index in [2.05, 4.69) is 13.2 Å². The number of allylic oxidation sites excluding steroid dienone is 2. The first-order valence-corrected chi connectivity index (χ1v) is 10.7. The summed E-state index contributed by atoms with van der Waals surface area (Å²) < 4.78 is 19.4. The lowest BCUT2D eigenvalue weighted by atomic mass is 9.81. The summed E-state index contributed by atoms with van der Waals surface area (Å²) >= 11 is 0. The van der Waals surface area contributed by atoms with E-state index in [0.717, 1.165) is 11.1 Å². The number of nitrogens with zero attached hydrogens (tertiary/aromatic N) is 2. The number of piperazine rings is 1. The fourth-order valence-electron chi connectivity index (χ4n) is 4.06. The molecule has 6 heteroatoms. The number of hydrogen-bond acceptors (Lipinski definition) is 3. The summed E-state index contributed by atoms with van der Waals surface area (Å²) in [6.45, 7) is 17.8. The van der Waals surface area contributed by atoms with Gasteiger partial charge < -0.3 is 9.64 Å². The van der Waals surface area contributed by atoms with E-state index in [-0.39, 0.29) is 11.7 Å². The summed E-state index contributed by atoms with van der Waals surface area (Å²) in [5, 5.41) is 0. The Kier molecular flexibility index (Phi) is 7.68. The molecule has 0 saturated carbocycles. The van der Waals surface area contributed by atoms with Crippen LogP contribution in [0.1, 0.15) is 57.7 Å². The highest BCUT2D eigenvalue weighted by molar-refractivity contribution is 5.83. The van der Waals surface area contributed by atoms with Crippen LogP contribution in [0.5, 0.6) is 0 Å². The third-order valence-corrected chi connectivity index (χ3v) is 5.59. The predicted octanol–water partition coefficient (Wildman–Crippen LogP) is 5.41. The average molecular weight is 431 g/mol. The Morgan fingerprint density at radius 2 is 1.77 bits per heavy atom. The molecule has 0 aromatic heterocycles. The molecule has 0 radical (unpaired) electrons. The van der Waals surface area contributed by atoms with Crippen molar-refractivity contribution < 1.29 is 18.7 Å². The minimum Gasteiger partial charge on any atom is -0.444 e. The molecule has 0 spiro atoms. The van der Waals surface area contributed by atoms with E-state index in [0.29, 0.717) is 32.5 Å². The Hall–Kier alpha value is -2.63. The molecular formula is C25H35FN2O3. The molecule has 31 heavy (non-hydrogen) atoms. The second kappa shape index (κ2) is 9.67. The summed E-state index contributed by atoms with van der Waals surface area (Å²) in [5.41, 5.74) is 0.255. The lowest BCUT2D eigenvalue weighted by Crippen LogP contribution is -2.55. The van der Waals surface area contributed by atoms with E-state index < -0.39 is 23.2 Å². The van der Waals surface area contributed by atoms with Gasteiger partial charge in [-0.05, 0) is 63.8 Å². The average Bonchev–Trinajstić information content (AvgIpc) is 2.66. The van der Waals surface area contributed by atoms with Crippen molar-refractivity contribution >= 4 is 12.0 Å². The molecule has 5 nitrogen and oxygen atoms in total. The van der Waals surface area contributed by atoms with Crippen LogP contribution in [0.15, 0.2) is 43.5 Å². The number of benzene rings is 1. The van der Waals surface area contributed by atoms with Gasteiger partial charge in [0.15, 0.2) is 0 Å². The predicted molar refractivity (Wildman–Crippen MR) is 121 cm³/mol. The summed E-state index contributed by atoms with van der Waals surface area (Å²) in [6.07, 6.45) is 4.13. The van der Waals surface area contributed by atoms with Crippen LogP contribution in [-0.2, 0) is 9.53 Å². The van der Waals surface area contributed by atoms with Gasteiger partial charge in [0.1, 0.15) is 11.4 Å². The zero-order chi connectivity index (χ0) is 23.4.